The molecular formula is C22H17BrO4. The Balaban J connectivity index is 1.97. The van der Waals surface area contributed by atoms with Crippen LogP contribution in [0.4, 0.5) is 0 Å². The zero-order valence-corrected chi connectivity index (χ0v) is 16.4. The van der Waals surface area contributed by atoms with Gasteiger partial charge in [-0.15, -0.1) is 0 Å². The van der Waals surface area contributed by atoms with Crippen molar-refractivity contribution in [2.45, 2.75) is 13.8 Å². The monoisotopic (exact) mass is 424 g/mol. The summed E-state index contributed by atoms with van der Waals surface area (Å²) in [6, 6.07) is 19.1. The molecule has 0 aliphatic carbocycles. The smallest absolute Gasteiger partial charge is 0.343 e. The highest BCUT2D eigenvalue weighted by Gasteiger charge is 2.22. The molecule has 27 heavy (non-hydrogen) atoms. The molecule has 4 nitrogen and oxygen atoms in total. The van der Waals surface area contributed by atoms with Gasteiger partial charge in [0.15, 0.2) is 11.5 Å². The fourth-order valence-corrected chi connectivity index (χ4v) is 3.05. The lowest BCUT2D eigenvalue weighted by Crippen LogP contribution is -2.14. The Morgan fingerprint density at radius 3 is 1.67 bits per heavy atom. The molecule has 0 aromatic heterocycles. The lowest BCUT2D eigenvalue weighted by molar-refractivity contribution is 0.0680. The van der Waals surface area contributed by atoms with E-state index in [0.717, 1.165) is 4.47 Å². The minimum Gasteiger partial charge on any atom is -0.419 e. The third kappa shape index (κ3) is 4.26. The summed E-state index contributed by atoms with van der Waals surface area (Å²) >= 11 is 3.46. The van der Waals surface area contributed by atoms with Crippen LogP contribution in [-0.4, -0.2) is 11.9 Å². The first-order valence-corrected chi connectivity index (χ1v) is 9.11. The Kier molecular flexibility index (Phi) is 5.72. The number of carbonyl (C=O) groups is 2. The molecule has 0 amide bonds. The van der Waals surface area contributed by atoms with Crippen molar-refractivity contribution in [1.29, 1.82) is 0 Å². The van der Waals surface area contributed by atoms with E-state index in [0.29, 0.717) is 22.3 Å². The zero-order chi connectivity index (χ0) is 19.4. The van der Waals surface area contributed by atoms with Crippen LogP contribution >= 0.6 is 15.9 Å². The maximum atomic E-state index is 12.5. The summed E-state index contributed by atoms with van der Waals surface area (Å²) in [7, 11) is 0. The Morgan fingerprint density at radius 2 is 1.19 bits per heavy atom. The summed E-state index contributed by atoms with van der Waals surface area (Å²) in [5, 5.41) is 0. The lowest BCUT2D eigenvalue weighted by Gasteiger charge is -2.16. The van der Waals surface area contributed by atoms with E-state index in [9.17, 15) is 9.59 Å². The number of hydrogen-bond acceptors (Lipinski definition) is 4. The highest BCUT2D eigenvalue weighted by molar-refractivity contribution is 9.10. The van der Waals surface area contributed by atoms with Crippen molar-refractivity contribution in [2.75, 3.05) is 0 Å². The first-order chi connectivity index (χ1) is 13.0. The van der Waals surface area contributed by atoms with Gasteiger partial charge in [0.1, 0.15) is 0 Å². The molecule has 0 spiro atoms. The van der Waals surface area contributed by atoms with Gasteiger partial charge in [-0.25, -0.2) is 9.59 Å². The first-order valence-electron chi connectivity index (χ1n) is 8.31. The predicted molar refractivity (Wildman–Crippen MR) is 106 cm³/mol. The van der Waals surface area contributed by atoms with Crippen LogP contribution in [0.15, 0.2) is 71.2 Å². The average molecular weight is 425 g/mol. The Labute approximate surface area is 165 Å². The van der Waals surface area contributed by atoms with Crippen molar-refractivity contribution in [3.8, 4) is 11.5 Å². The number of aryl methyl sites for hydroxylation is 1. The van der Waals surface area contributed by atoms with E-state index in [-0.39, 0.29) is 11.5 Å². The van der Waals surface area contributed by atoms with E-state index in [1.807, 2.05) is 18.2 Å². The number of hydrogen-bond donors (Lipinski definition) is 0. The molecule has 3 rings (SSSR count). The fraction of sp³-hybridized carbons (Fsp3) is 0.0909. The summed E-state index contributed by atoms with van der Waals surface area (Å²) in [6.07, 6.45) is 0. The van der Waals surface area contributed by atoms with E-state index in [2.05, 4.69) is 15.9 Å². The van der Waals surface area contributed by atoms with Gasteiger partial charge >= 0.3 is 11.9 Å². The molecular weight excluding hydrogens is 408 g/mol. The van der Waals surface area contributed by atoms with Crippen molar-refractivity contribution in [3.05, 3.63) is 93.5 Å². The molecule has 136 valence electrons. The van der Waals surface area contributed by atoms with Gasteiger partial charge in [-0.05, 0) is 49.7 Å². The van der Waals surface area contributed by atoms with Crippen molar-refractivity contribution in [3.63, 3.8) is 0 Å². The average Bonchev–Trinajstić information content (AvgIpc) is 2.69. The minimum atomic E-state index is -0.520. The molecule has 0 atom stereocenters. The van der Waals surface area contributed by atoms with Gasteiger partial charge < -0.3 is 9.47 Å². The molecule has 3 aromatic carbocycles. The van der Waals surface area contributed by atoms with Gasteiger partial charge in [0.2, 0.25) is 0 Å². The molecule has 0 unspecified atom stereocenters. The van der Waals surface area contributed by atoms with Crippen molar-refractivity contribution in [2.24, 2.45) is 0 Å². The quantitative estimate of drug-likeness (QED) is 0.409. The summed E-state index contributed by atoms with van der Waals surface area (Å²) in [6.45, 7) is 3.58. The molecule has 0 saturated heterocycles. The second-order valence-electron chi connectivity index (χ2n) is 5.97. The number of benzene rings is 3. The number of carbonyl (C=O) groups excluding carboxylic acids is 2. The van der Waals surface area contributed by atoms with E-state index in [4.69, 9.17) is 9.47 Å². The van der Waals surface area contributed by atoms with Gasteiger partial charge in [0.25, 0.3) is 0 Å². The van der Waals surface area contributed by atoms with Gasteiger partial charge in [0.05, 0.1) is 11.1 Å². The molecule has 0 radical (unpaired) electrons. The minimum absolute atomic E-state index is 0.222. The van der Waals surface area contributed by atoms with Gasteiger partial charge in [0, 0.05) is 10.0 Å². The Bertz CT molecular complexity index is 982. The zero-order valence-electron chi connectivity index (χ0n) is 14.9. The van der Waals surface area contributed by atoms with Crippen LogP contribution in [0.3, 0.4) is 0 Å². The molecule has 0 bridgehead atoms. The molecule has 0 aliphatic rings. The number of esters is 2. The molecule has 3 aromatic rings. The molecule has 0 fully saturated rings. The first kappa shape index (κ1) is 18.9. The van der Waals surface area contributed by atoms with Gasteiger partial charge in [-0.3, -0.25) is 0 Å². The highest BCUT2D eigenvalue weighted by atomic mass is 79.9. The largest absolute Gasteiger partial charge is 0.419 e. The summed E-state index contributed by atoms with van der Waals surface area (Å²) < 4.78 is 12.0. The van der Waals surface area contributed by atoms with Crippen LogP contribution in [0.2, 0.25) is 0 Å². The van der Waals surface area contributed by atoms with Gasteiger partial charge in [-0.1, -0.05) is 52.3 Å². The third-order valence-corrected chi connectivity index (χ3v) is 4.84. The van der Waals surface area contributed by atoms with Gasteiger partial charge in [-0.2, -0.15) is 0 Å². The lowest BCUT2D eigenvalue weighted by atomic mass is 10.1. The molecule has 0 saturated carbocycles. The summed E-state index contributed by atoms with van der Waals surface area (Å²) in [5.74, 6) is -0.584. The van der Waals surface area contributed by atoms with Crippen LogP contribution in [0.25, 0.3) is 0 Å². The van der Waals surface area contributed by atoms with E-state index in [1.54, 1.807) is 62.4 Å². The second kappa shape index (κ2) is 8.18. The van der Waals surface area contributed by atoms with E-state index >= 15 is 0 Å². The molecule has 5 heteroatoms. The van der Waals surface area contributed by atoms with E-state index in [1.165, 1.54) is 0 Å². The summed E-state index contributed by atoms with van der Waals surface area (Å²) in [5.41, 5.74) is 2.17. The van der Waals surface area contributed by atoms with Crippen LogP contribution in [0.1, 0.15) is 31.8 Å². The van der Waals surface area contributed by atoms with Crippen LogP contribution in [-0.2, 0) is 0 Å². The summed E-state index contributed by atoms with van der Waals surface area (Å²) in [4.78, 5) is 25.0. The van der Waals surface area contributed by atoms with E-state index < -0.39 is 11.9 Å². The predicted octanol–water partition coefficient (Wildman–Crippen LogP) is 5.50. The number of halogens is 1. The topological polar surface area (TPSA) is 52.6 Å². The third-order valence-electron chi connectivity index (χ3n) is 4.01. The fourth-order valence-electron chi connectivity index (χ4n) is 2.52. The maximum Gasteiger partial charge on any atom is 0.343 e. The van der Waals surface area contributed by atoms with Crippen LogP contribution in [0, 0.1) is 13.8 Å². The normalized spacial score (nSPS) is 10.3. The highest BCUT2D eigenvalue weighted by Crippen LogP contribution is 2.39. The Hall–Kier alpha value is -2.92. The standard InChI is InChI=1S/C22H17BrO4/c1-14-13-18(23)15(2)20(27-22(25)17-11-7-4-8-12-17)19(14)26-21(24)16-9-5-3-6-10-16/h3-13H,1-2H3. The van der Waals surface area contributed by atoms with Crippen LogP contribution in [0.5, 0.6) is 11.5 Å². The van der Waals surface area contributed by atoms with Crippen LogP contribution < -0.4 is 9.47 Å². The molecule has 0 N–H and O–H groups in total. The molecule has 0 aliphatic heterocycles. The number of rotatable bonds is 4. The van der Waals surface area contributed by atoms with Crippen molar-refractivity contribution >= 4 is 27.9 Å². The van der Waals surface area contributed by atoms with Crippen molar-refractivity contribution < 1.29 is 19.1 Å². The van der Waals surface area contributed by atoms with Crippen molar-refractivity contribution in [1.82, 2.24) is 0 Å². The second-order valence-corrected chi connectivity index (χ2v) is 6.82. The molecule has 0 heterocycles. The maximum absolute atomic E-state index is 12.5. The SMILES string of the molecule is Cc1cc(Br)c(C)c(OC(=O)c2ccccc2)c1OC(=O)c1ccccc1. The number of ether oxygens (including phenoxy) is 2. The Morgan fingerprint density at radius 1 is 0.741 bits per heavy atom.